The van der Waals surface area contributed by atoms with Crippen LogP contribution in [-0.4, -0.2) is 21.4 Å². The number of anilines is 2. The lowest BCUT2D eigenvalue weighted by Gasteiger charge is -2.30. The van der Waals surface area contributed by atoms with E-state index < -0.39 is 4.92 Å². The maximum Gasteiger partial charge on any atom is 0.354 e. The van der Waals surface area contributed by atoms with Crippen molar-refractivity contribution in [3.63, 3.8) is 0 Å². The molecule has 108 valence electrons. The predicted molar refractivity (Wildman–Crippen MR) is 77.9 cm³/mol. The molecule has 3 rings (SSSR count). The molecule has 0 saturated carbocycles. The van der Waals surface area contributed by atoms with Gasteiger partial charge in [0.1, 0.15) is 6.33 Å². The average Bonchev–Trinajstić information content (AvgIpc) is 2.47. The number of benzene rings is 1. The summed E-state index contributed by atoms with van der Waals surface area (Å²) in [5, 5.41) is 14.1. The lowest BCUT2D eigenvalue weighted by Crippen LogP contribution is -2.25. The van der Waals surface area contributed by atoms with Crippen molar-refractivity contribution in [1.29, 1.82) is 0 Å². The van der Waals surface area contributed by atoms with E-state index in [4.69, 9.17) is 5.84 Å². The zero-order chi connectivity index (χ0) is 14.8. The van der Waals surface area contributed by atoms with Crippen LogP contribution in [0.15, 0.2) is 30.6 Å². The minimum atomic E-state index is -0.549. The number of hydrogen-bond acceptors (Lipinski definition) is 7. The van der Waals surface area contributed by atoms with Gasteiger partial charge >= 0.3 is 5.69 Å². The van der Waals surface area contributed by atoms with Gasteiger partial charge in [-0.15, -0.1) is 0 Å². The fourth-order valence-electron chi connectivity index (χ4n) is 2.55. The van der Waals surface area contributed by atoms with Crippen LogP contribution in [0.1, 0.15) is 17.0 Å². The monoisotopic (exact) mass is 286 g/mol. The normalized spacial score (nSPS) is 15.8. The molecule has 1 atom stereocenters. The van der Waals surface area contributed by atoms with Gasteiger partial charge < -0.3 is 10.7 Å². The molecular weight excluding hydrogens is 272 g/mol. The van der Waals surface area contributed by atoms with E-state index in [2.05, 4.69) is 32.8 Å². The van der Waals surface area contributed by atoms with Crippen LogP contribution in [0.25, 0.3) is 0 Å². The lowest BCUT2D eigenvalue weighted by atomic mass is 9.77. The summed E-state index contributed by atoms with van der Waals surface area (Å²) in [6.07, 6.45) is 2.20. The van der Waals surface area contributed by atoms with E-state index in [1.165, 1.54) is 17.5 Å². The van der Waals surface area contributed by atoms with Gasteiger partial charge in [0.25, 0.3) is 0 Å². The van der Waals surface area contributed by atoms with Crippen molar-refractivity contribution >= 4 is 17.3 Å². The molecule has 0 radical (unpaired) electrons. The van der Waals surface area contributed by atoms with Crippen LogP contribution in [0, 0.1) is 10.1 Å². The first-order chi connectivity index (χ1) is 10.2. The smallest absolute Gasteiger partial charge is 0.354 e. The maximum absolute atomic E-state index is 11.1. The number of hydrogen-bond donors (Lipinski definition) is 3. The van der Waals surface area contributed by atoms with Crippen molar-refractivity contribution in [3.05, 3.63) is 51.8 Å². The second-order valence-electron chi connectivity index (χ2n) is 4.80. The summed E-state index contributed by atoms with van der Waals surface area (Å²) < 4.78 is 0. The Kier molecular flexibility index (Phi) is 3.36. The molecule has 1 unspecified atom stereocenters. The van der Waals surface area contributed by atoms with E-state index in [9.17, 15) is 10.1 Å². The quantitative estimate of drug-likeness (QED) is 0.432. The molecule has 0 spiro atoms. The molecular formula is C13H14N6O2. The number of nitrogens with two attached hydrogens (primary N) is 1. The summed E-state index contributed by atoms with van der Waals surface area (Å²) in [6, 6.07) is 8.17. The molecule has 4 N–H and O–H groups in total. The van der Waals surface area contributed by atoms with Crippen molar-refractivity contribution in [2.75, 3.05) is 17.3 Å². The highest BCUT2D eigenvalue weighted by Crippen LogP contribution is 2.35. The fraction of sp³-hybridized carbons (Fsp3) is 0.231. The van der Waals surface area contributed by atoms with Crippen LogP contribution < -0.4 is 16.6 Å². The molecule has 1 aliphatic carbocycles. The number of nitro groups is 1. The molecule has 1 aromatic carbocycles. The van der Waals surface area contributed by atoms with Crippen LogP contribution in [-0.2, 0) is 6.42 Å². The van der Waals surface area contributed by atoms with Crippen molar-refractivity contribution in [2.24, 2.45) is 5.84 Å². The van der Waals surface area contributed by atoms with Crippen LogP contribution in [0.3, 0.4) is 0 Å². The highest BCUT2D eigenvalue weighted by Gasteiger charge is 2.27. The minimum absolute atomic E-state index is 0.00786. The number of nitrogens with one attached hydrogen (secondary N) is 2. The van der Waals surface area contributed by atoms with E-state index >= 15 is 0 Å². The number of hydrazine groups is 1. The Morgan fingerprint density at radius 1 is 1.33 bits per heavy atom. The fourth-order valence-corrected chi connectivity index (χ4v) is 2.55. The summed E-state index contributed by atoms with van der Waals surface area (Å²) in [5.74, 6) is 5.74. The van der Waals surface area contributed by atoms with Gasteiger partial charge in [0.2, 0.25) is 11.6 Å². The van der Waals surface area contributed by atoms with Gasteiger partial charge in [-0.25, -0.2) is 15.8 Å². The van der Waals surface area contributed by atoms with Crippen molar-refractivity contribution < 1.29 is 4.92 Å². The lowest BCUT2D eigenvalue weighted by molar-refractivity contribution is -0.383. The van der Waals surface area contributed by atoms with Crippen molar-refractivity contribution in [3.8, 4) is 0 Å². The number of nitrogens with zero attached hydrogens (tertiary/aromatic N) is 3. The minimum Gasteiger partial charge on any atom is -0.364 e. The molecule has 0 saturated heterocycles. The molecule has 8 nitrogen and oxygen atoms in total. The van der Waals surface area contributed by atoms with E-state index in [-0.39, 0.29) is 17.3 Å². The molecule has 1 aliphatic rings. The van der Waals surface area contributed by atoms with Gasteiger partial charge in [-0.1, -0.05) is 24.3 Å². The molecule has 2 aromatic rings. The first-order valence-electron chi connectivity index (χ1n) is 6.48. The predicted octanol–water partition coefficient (Wildman–Crippen LogP) is 1.42. The Morgan fingerprint density at radius 2 is 2.10 bits per heavy atom. The molecule has 0 fully saturated rings. The summed E-state index contributed by atoms with van der Waals surface area (Å²) >= 11 is 0. The molecule has 21 heavy (non-hydrogen) atoms. The standard InChI is InChI=1S/C13H14N6O2/c14-18-13-11(19(20)21)12(16-7-17-13)15-6-9-5-8-3-1-2-4-10(8)9/h1-4,7,9H,5-6,14H2,(H2,15,16,17,18). The van der Waals surface area contributed by atoms with Crippen LogP contribution >= 0.6 is 0 Å². The van der Waals surface area contributed by atoms with E-state index in [1.807, 2.05) is 12.1 Å². The van der Waals surface area contributed by atoms with Gasteiger partial charge in [-0.05, 0) is 17.5 Å². The van der Waals surface area contributed by atoms with Gasteiger partial charge in [-0.3, -0.25) is 10.1 Å². The molecule has 0 bridgehead atoms. The van der Waals surface area contributed by atoms with Crippen molar-refractivity contribution in [1.82, 2.24) is 9.97 Å². The summed E-state index contributed by atoms with van der Waals surface area (Å²) in [7, 11) is 0. The number of fused-ring (bicyclic) bond motifs is 1. The Hall–Kier alpha value is -2.74. The van der Waals surface area contributed by atoms with Gasteiger partial charge in [0, 0.05) is 12.5 Å². The molecule has 8 heteroatoms. The van der Waals surface area contributed by atoms with Gasteiger partial charge in [-0.2, -0.15) is 0 Å². The number of aromatic nitrogens is 2. The first-order valence-corrected chi connectivity index (χ1v) is 6.48. The van der Waals surface area contributed by atoms with E-state index in [1.54, 1.807) is 0 Å². The first kappa shape index (κ1) is 13.3. The SMILES string of the molecule is NNc1ncnc(NCC2Cc3ccccc32)c1[N+](=O)[O-]. The number of rotatable bonds is 5. The Morgan fingerprint density at radius 3 is 2.81 bits per heavy atom. The summed E-state index contributed by atoms with van der Waals surface area (Å²) in [6.45, 7) is 0.582. The third kappa shape index (κ3) is 2.36. The topological polar surface area (TPSA) is 119 Å². The molecule has 1 heterocycles. The Balaban J connectivity index is 1.76. The second kappa shape index (κ2) is 5.33. The maximum atomic E-state index is 11.1. The van der Waals surface area contributed by atoms with Crippen molar-refractivity contribution in [2.45, 2.75) is 12.3 Å². The molecule has 0 aliphatic heterocycles. The largest absolute Gasteiger partial charge is 0.364 e. The Bertz CT molecular complexity index is 690. The molecule has 0 amide bonds. The molecule has 1 aromatic heterocycles. The number of nitrogen functional groups attached to an aromatic ring is 1. The van der Waals surface area contributed by atoms with Gasteiger partial charge in [0.05, 0.1) is 4.92 Å². The zero-order valence-corrected chi connectivity index (χ0v) is 11.1. The third-order valence-corrected chi connectivity index (χ3v) is 3.62. The van der Waals surface area contributed by atoms with E-state index in [0.29, 0.717) is 12.5 Å². The van der Waals surface area contributed by atoms with E-state index in [0.717, 1.165) is 6.42 Å². The zero-order valence-electron chi connectivity index (χ0n) is 11.1. The van der Waals surface area contributed by atoms with Crippen LogP contribution in [0.5, 0.6) is 0 Å². The highest BCUT2D eigenvalue weighted by molar-refractivity contribution is 5.68. The summed E-state index contributed by atoms with van der Waals surface area (Å²) in [4.78, 5) is 18.3. The van der Waals surface area contributed by atoms with Gasteiger partial charge in [0.15, 0.2) is 0 Å². The third-order valence-electron chi connectivity index (χ3n) is 3.62. The average molecular weight is 286 g/mol. The van der Waals surface area contributed by atoms with Crippen LogP contribution in [0.4, 0.5) is 17.3 Å². The van der Waals surface area contributed by atoms with Crippen LogP contribution in [0.2, 0.25) is 0 Å². The Labute approximate surface area is 120 Å². The summed E-state index contributed by atoms with van der Waals surface area (Å²) in [5.41, 5.74) is 4.57. The second-order valence-corrected chi connectivity index (χ2v) is 4.80. The highest BCUT2D eigenvalue weighted by atomic mass is 16.6.